The Labute approximate surface area is 75.0 Å². The number of nitrogens with two attached hydrogens (primary N) is 1. The Bertz CT molecular complexity index is 349. The van der Waals surface area contributed by atoms with Gasteiger partial charge in [0, 0.05) is 6.20 Å². The lowest BCUT2D eigenvalue weighted by atomic mass is 10.1. The first-order chi connectivity index (χ1) is 6.16. The van der Waals surface area contributed by atoms with Crippen LogP contribution in [-0.2, 0) is 6.42 Å². The lowest BCUT2D eigenvalue weighted by Crippen LogP contribution is -2.00. The quantitative estimate of drug-likeness (QED) is 0.430. The van der Waals surface area contributed by atoms with Crippen LogP contribution >= 0.6 is 0 Å². The van der Waals surface area contributed by atoms with Crippen LogP contribution in [0, 0.1) is 10.1 Å². The number of hydrogen-bond acceptors (Lipinski definition) is 4. The van der Waals surface area contributed by atoms with E-state index in [1.165, 1.54) is 12.4 Å². The van der Waals surface area contributed by atoms with Crippen LogP contribution < -0.4 is 5.73 Å². The highest BCUT2D eigenvalue weighted by molar-refractivity contribution is 5.60. The second-order valence-electron chi connectivity index (χ2n) is 2.49. The number of nitro groups is 1. The molecule has 0 bridgehead atoms. The van der Waals surface area contributed by atoms with Crippen LogP contribution in [0.4, 0.5) is 11.4 Å². The number of aromatic nitrogens is 1. The molecule has 0 aliphatic rings. The van der Waals surface area contributed by atoms with E-state index in [4.69, 9.17) is 5.73 Å². The summed E-state index contributed by atoms with van der Waals surface area (Å²) in [4.78, 5) is 13.8. The van der Waals surface area contributed by atoms with Crippen molar-refractivity contribution in [3.05, 3.63) is 40.7 Å². The fourth-order valence-corrected chi connectivity index (χ4v) is 1.04. The van der Waals surface area contributed by atoms with E-state index in [-0.39, 0.29) is 11.4 Å². The van der Waals surface area contributed by atoms with Gasteiger partial charge in [-0.2, -0.15) is 0 Å². The van der Waals surface area contributed by atoms with Gasteiger partial charge in [0.15, 0.2) is 0 Å². The lowest BCUT2D eigenvalue weighted by molar-refractivity contribution is -0.384. The molecule has 0 saturated heterocycles. The van der Waals surface area contributed by atoms with Crippen LogP contribution in [0.5, 0.6) is 0 Å². The molecule has 0 saturated carbocycles. The number of nitrogens with zero attached hydrogens (tertiary/aromatic N) is 2. The highest BCUT2D eigenvalue weighted by Crippen LogP contribution is 2.24. The summed E-state index contributed by atoms with van der Waals surface area (Å²) >= 11 is 0. The predicted molar refractivity (Wildman–Crippen MR) is 49.2 cm³/mol. The van der Waals surface area contributed by atoms with Crippen LogP contribution in [0.25, 0.3) is 0 Å². The van der Waals surface area contributed by atoms with Crippen molar-refractivity contribution in [2.75, 3.05) is 5.73 Å². The van der Waals surface area contributed by atoms with Gasteiger partial charge in [-0.05, 0) is 6.42 Å². The largest absolute Gasteiger partial charge is 0.392 e. The number of anilines is 1. The minimum atomic E-state index is -0.504. The van der Waals surface area contributed by atoms with Crippen molar-refractivity contribution in [3.8, 4) is 0 Å². The Balaban J connectivity index is 3.25. The first-order valence-electron chi connectivity index (χ1n) is 3.64. The summed E-state index contributed by atoms with van der Waals surface area (Å²) in [5, 5.41) is 10.6. The average Bonchev–Trinajstić information content (AvgIpc) is 2.04. The van der Waals surface area contributed by atoms with Crippen LogP contribution in [0.2, 0.25) is 0 Å². The molecule has 0 amide bonds. The Hall–Kier alpha value is -1.91. The number of allylic oxidation sites excluding steroid dienone is 1. The molecule has 1 rings (SSSR count). The van der Waals surface area contributed by atoms with Gasteiger partial charge in [0.05, 0.1) is 16.7 Å². The monoisotopic (exact) mass is 179 g/mol. The van der Waals surface area contributed by atoms with E-state index in [2.05, 4.69) is 11.6 Å². The van der Waals surface area contributed by atoms with Gasteiger partial charge < -0.3 is 5.73 Å². The molecule has 0 aromatic carbocycles. The van der Waals surface area contributed by atoms with Gasteiger partial charge in [-0.25, -0.2) is 0 Å². The minimum Gasteiger partial charge on any atom is -0.392 e. The zero-order valence-electron chi connectivity index (χ0n) is 6.93. The summed E-state index contributed by atoms with van der Waals surface area (Å²) < 4.78 is 0. The van der Waals surface area contributed by atoms with E-state index >= 15 is 0 Å². The molecule has 13 heavy (non-hydrogen) atoms. The smallest absolute Gasteiger partial charge is 0.298 e. The van der Waals surface area contributed by atoms with Crippen molar-refractivity contribution in [2.45, 2.75) is 6.42 Å². The van der Waals surface area contributed by atoms with Gasteiger partial charge in [0.25, 0.3) is 5.69 Å². The number of rotatable bonds is 3. The summed E-state index contributed by atoms with van der Waals surface area (Å²) in [6.45, 7) is 3.49. The predicted octanol–water partition coefficient (Wildman–Crippen LogP) is 1.30. The second kappa shape index (κ2) is 3.66. The van der Waals surface area contributed by atoms with Crippen molar-refractivity contribution in [1.82, 2.24) is 4.98 Å². The highest BCUT2D eigenvalue weighted by atomic mass is 16.6. The molecule has 0 atom stereocenters. The van der Waals surface area contributed by atoms with E-state index in [0.717, 1.165) is 0 Å². The molecule has 1 aromatic heterocycles. The molecule has 0 aliphatic heterocycles. The molecule has 5 heteroatoms. The first kappa shape index (κ1) is 9.18. The summed E-state index contributed by atoms with van der Waals surface area (Å²) in [6, 6.07) is 0. The zero-order valence-corrected chi connectivity index (χ0v) is 6.93. The maximum Gasteiger partial charge on any atom is 0.298 e. The third kappa shape index (κ3) is 1.81. The maximum absolute atomic E-state index is 10.6. The summed E-state index contributed by atoms with van der Waals surface area (Å²) in [6.07, 6.45) is 4.67. The van der Waals surface area contributed by atoms with Gasteiger partial charge >= 0.3 is 0 Å². The second-order valence-corrected chi connectivity index (χ2v) is 2.49. The van der Waals surface area contributed by atoms with Crippen LogP contribution in [0.1, 0.15) is 5.56 Å². The molecule has 0 radical (unpaired) electrons. The minimum absolute atomic E-state index is 0.0742. The number of hydrogen-bond donors (Lipinski definition) is 1. The molecular weight excluding hydrogens is 170 g/mol. The Kier molecular flexibility index (Phi) is 2.59. The topological polar surface area (TPSA) is 82.0 Å². The Morgan fingerprint density at radius 3 is 2.92 bits per heavy atom. The highest BCUT2D eigenvalue weighted by Gasteiger charge is 2.16. The van der Waals surface area contributed by atoms with Crippen LogP contribution in [-0.4, -0.2) is 9.91 Å². The molecule has 1 heterocycles. The fraction of sp³-hybridized carbons (Fsp3) is 0.125. The molecule has 0 aliphatic carbocycles. The molecular formula is C8H9N3O2. The summed E-state index contributed by atoms with van der Waals surface area (Å²) in [5.74, 6) is 0. The molecule has 5 nitrogen and oxygen atoms in total. The van der Waals surface area contributed by atoms with Gasteiger partial charge in [-0.15, -0.1) is 6.58 Å². The normalized spacial score (nSPS) is 9.54. The number of pyridine rings is 1. The van der Waals surface area contributed by atoms with Gasteiger partial charge in [0.2, 0.25) is 0 Å². The van der Waals surface area contributed by atoms with Gasteiger partial charge in [-0.3, -0.25) is 15.1 Å². The third-order valence-corrected chi connectivity index (χ3v) is 1.57. The molecule has 0 unspecified atom stereocenters. The zero-order chi connectivity index (χ0) is 9.84. The fourth-order valence-electron chi connectivity index (χ4n) is 1.04. The van der Waals surface area contributed by atoms with Crippen molar-refractivity contribution in [1.29, 1.82) is 0 Å². The van der Waals surface area contributed by atoms with E-state index < -0.39 is 4.92 Å². The molecule has 0 spiro atoms. The molecule has 1 aromatic rings. The van der Waals surface area contributed by atoms with E-state index in [0.29, 0.717) is 12.0 Å². The number of nitrogen functional groups attached to an aromatic ring is 1. The summed E-state index contributed by atoms with van der Waals surface area (Å²) in [7, 11) is 0. The van der Waals surface area contributed by atoms with Crippen molar-refractivity contribution >= 4 is 11.4 Å². The molecule has 2 N–H and O–H groups in total. The van der Waals surface area contributed by atoms with Crippen molar-refractivity contribution in [2.24, 2.45) is 0 Å². The van der Waals surface area contributed by atoms with Crippen molar-refractivity contribution < 1.29 is 4.92 Å². The van der Waals surface area contributed by atoms with Gasteiger partial charge in [-0.1, -0.05) is 6.08 Å². The lowest BCUT2D eigenvalue weighted by Gasteiger charge is -2.00. The SMILES string of the molecule is C=CCc1cncc(N)c1[N+](=O)[O-]. The van der Waals surface area contributed by atoms with Crippen LogP contribution in [0.15, 0.2) is 25.0 Å². The third-order valence-electron chi connectivity index (χ3n) is 1.57. The molecule has 0 fully saturated rings. The van der Waals surface area contributed by atoms with E-state index in [1.54, 1.807) is 6.08 Å². The van der Waals surface area contributed by atoms with Crippen LogP contribution in [0.3, 0.4) is 0 Å². The first-order valence-corrected chi connectivity index (χ1v) is 3.64. The van der Waals surface area contributed by atoms with E-state index in [9.17, 15) is 10.1 Å². The van der Waals surface area contributed by atoms with Crippen molar-refractivity contribution in [3.63, 3.8) is 0 Å². The Morgan fingerprint density at radius 1 is 1.69 bits per heavy atom. The molecule has 68 valence electrons. The average molecular weight is 179 g/mol. The summed E-state index contributed by atoms with van der Waals surface area (Å²) in [5.41, 5.74) is 5.91. The standard InChI is InChI=1S/C8H9N3O2/c1-2-3-6-4-10-5-7(9)8(6)11(12)13/h2,4-5H,1,3,9H2. The van der Waals surface area contributed by atoms with Gasteiger partial charge in [0.1, 0.15) is 5.69 Å². The maximum atomic E-state index is 10.6. The Morgan fingerprint density at radius 2 is 2.38 bits per heavy atom. The van der Waals surface area contributed by atoms with E-state index in [1.807, 2.05) is 0 Å².